The minimum absolute atomic E-state index is 0.397. The van der Waals surface area contributed by atoms with Gasteiger partial charge >= 0.3 is 0 Å². The maximum atomic E-state index is 5.45. The molecule has 1 aromatic rings. The van der Waals surface area contributed by atoms with Gasteiger partial charge in [-0.05, 0) is 7.05 Å². The van der Waals surface area contributed by atoms with Gasteiger partial charge in [0, 0.05) is 26.2 Å². The van der Waals surface area contributed by atoms with Crippen molar-refractivity contribution in [2.24, 2.45) is 0 Å². The van der Waals surface area contributed by atoms with Gasteiger partial charge in [-0.1, -0.05) is 0 Å². The molecule has 0 aliphatic carbocycles. The molecule has 1 saturated heterocycles. The van der Waals surface area contributed by atoms with Crippen LogP contribution in [-0.2, 0) is 6.54 Å². The molecule has 0 unspecified atom stereocenters. The molecule has 78 valence electrons. The molecule has 1 aliphatic heterocycles. The highest BCUT2D eigenvalue weighted by Crippen LogP contribution is 2.09. The third-order valence-electron chi connectivity index (χ3n) is 2.53. The molecule has 0 bridgehead atoms. The lowest BCUT2D eigenvalue weighted by atomic mass is 10.3. The van der Waals surface area contributed by atoms with Crippen LogP contribution in [0, 0.1) is 0 Å². The first-order valence-electron chi connectivity index (χ1n) is 4.85. The Bertz CT molecular complexity index is 291. The average Bonchev–Trinajstić information content (AvgIpc) is 2.56. The Morgan fingerprint density at radius 3 is 2.71 bits per heavy atom. The van der Waals surface area contributed by atoms with Gasteiger partial charge in [0.2, 0.25) is 11.8 Å². The van der Waals surface area contributed by atoms with Gasteiger partial charge in [0.05, 0.1) is 12.7 Å². The van der Waals surface area contributed by atoms with Crippen molar-refractivity contribution in [1.82, 2.24) is 14.8 Å². The highest BCUT2D eigenvalue weighted by atomic mass is 16.4. The van der Waals surface area contributed by atoms with Gasteiger partial charge in [0.1, 0.15) is 0 Å². The van der Waals surface area contributed by atoms with Gasteiger partial charge in [-0.15, -0.1) is 0 Å². The van der Waals surface area contributed by atoms with E-state index in [-0.39, 0.29) is 0 Å². The van der Waals surface area contributed by atoms with Crippen LogP contribution in [0.2, 0.25) is 0 Å². The third kappa shape index (κ3) is 2.24. The van der Waals surface area contributed by atoms with Crippen molar-refractivity contribution in [3.63, 3.8) is 0 Å². The fourth-order valence-electron chi connectivity index (χ4n) is 1.59. The SMILES string of the molecule is CN1CCN(Cc2ncc(N)o2)CC1. The molecule has 2 N–H and O–H groups in total. The van der Waals surface area contributed by atoms with Crippen LogP contribution in [0.5, 0.6) is 0 Å². The smallest absolute Gasteiger partial charge is 0.211 e. The predicted molar refractivity (Wildman–Crippen MR) is 53.7 cm³/mol. The maximum Gasteiger partial charge on any atom is 0.211 e. The Kier molecular flexibility index (Phi) is 2.69. The molecule has 0 saturated carbocycles. The van der Waals surface area contributed by atoms with Crippen LogP contribution in [-0.4, -0.2) is 48.0 Å². The van der Waals surface area contributed by atoms with Crippen molar-refractivity contribution < 1.29 is 4.42 Å². The first-order chi connectivity index (χ1) is 6.74. The fourth-order valence-corrected chi connectivity index (χ4v) is 1.59. The van der Waals surface area contributed by atoms with Gasteiger partial charge in [-0.25, -0.2) is 4.98 Å². The Morgan fingerprint density at radius 1 is 1.43 bits per heavy atom. The lowest BCUT2D eigenvalue weighted by Gasteiger charge is -2.31. The normalized spacial score (nSPS) is 20.1. The number of oxazole rings is 1. The monoisotopic (exact) mass is 196 g/mol. The van der Waals surface area contributed by atoms with E-state index in [4.69, 9.17) is 10.2 Å². The second-order valence-electron chi connectivity index (χ2n) is 3.74. The number of nitrogen functional groups attached to an aromatic ring is 1. The largest absolute Gasteiger partial charge is 0.424 e. The molecule has 0 radical (unpaired) electrons. The minimum Gasteiger partial charge on any atom is -0.424 e. The first-order valence-corrected chi connectivity index (χ1v) is 4.85. The molecule has 0 atom stereocenters. The van der Waals surface area contributed by atoms with Crippen LogP contribution >= 0.6 is 0 Å². The quantitative estimate of drug-likeness (QED) is 0.721. The van der Waals surface area contributed by atoms with Gasteiger partial charge in [0.25, 0.3) is 0 Å². The van der Waals surface area contributed by atoms with Crippen LogP contribution < -0.4 is 5.73 Å². The lowest BCUT2D eigenvalue weighted by molar-refractivity contribution is 0.138. The van der Waals surface area contributed by atoms with Crippen LogP contribution in [0.4, 0.5) is 5.88 Å². The number of piperazine rings is 1. The molecule has 1 fully saturated rings. The summed E-state index contributed by atoms with van der Waals surface area (Å²) in [4.78, 5) is 8.73. The van der Waals surface area contributed by atoms with Crippen LogP contribution in [0.3, 0.4) is 0 Å². The predicted octanol–water partition coefficient (Wildman–Crippen LogP) is 0.00420. The molecule has 2 rings (SSSR count). The summed E-state index contributed by atoms with van der Waals surface area (Å²) in [5.41, 5.74) is 5.45. The van der Waals surface area contributed by atoms with E-state index in [2.05, 4.69) is 21.8 Å². The zero-order valence-electron chi connectivity index (χ0n) is 8.44. The molecule has 1 aliphatic rings. The maximum absolute atomic E-state index is 5.45. The van der Waals surface area contributed by atoms with Crippen LogP contribution in [0.1, 0.15) is 5.89 Å². The standard InChI is InChI=1S/C9H16N4O/c1-12-2-4-13(5-3-12)7-9-11-6-8(10)14-9/h6H,2-5,7,10H2,1H3. The Balaban J connectivity index is 1.86. The number of likely N-dealkylation sites (N-methyl/N-ethyl adjacent to an activating group) is 1. The molecule has 0 spiro atoms. The number of nitrogens with zero attached hydrogens (tertiary/aromatic N) is 3. The number of anilines is 1. The number of hydrogen-bond acceptors (Lipinski definition) is 5. The number of aromatic nitrogens is 1. The minimum atomic E-state index is 0.397. The van der Waals surface area contributed by atoms with E-state index in [0.29, 0.717) is 11.8 Å². The highest BCUT2D eigenvalue weighted by Gasteiger charge is 2.15. The van der Waals surface area contributed by atoms with E-state index in [0.717, 1.165) is 32.7 Å². The molecule has 0 amide bonds. The van der Waals surface area contributed by atoms with Gasteiger partial charge in [-0.2, -0.15) is 0 Å². The van der Waals surface area contributed by atoms with Gasteiger partial charge < -0.3 is 15.1 Å². The third-order valence-corrected chi connectivity index (χ3v) is 2.53. The average molecular weight is 196 g/mol. The van der Waals surface area contributed by atoms with Gasteiger partial charge in [0.15, 0.2) is 0 Å². The van der Waals surface area contributed by atoms with Crippen molar-refractivity contribution in [2.45, 2.75) is 6.54 Å². The van der Waals surface area contributed by atoms with Crippen molar-refractivity contribution in [3.05, 3.63) is 12.1 Å². The second kappa shape index (κ2) is 3.98. The summed E-state index contributed by atoms with van der Waals surface area (Å²) in [6.07, 6.45) is 1.56. The van der Waals surface area contributed by atoms with E-state index in [1.165, 1.54) is 0 Å². The lowest BCUT2D eigenvalue weighted by Crippen LogP contribution is -2.43. The summed E-state index contributed by atoms with van der Waals surface area (Å²) >= 11 is 0. The molecule has 5 nitrogen and oxygen atoms in total. The Hall–Kier alpha value is -1.07. The Morgan fingerprint density at radius 2 is 2.14 bits per heavy atom. The fraction of sp³-hybridized carbons (Fsp3) is 0.667. The molecule has 0 aromatic carbocycles. The summed E-state index contributed by atoms with van der Waals surface area (Å²) < 4.78 is 5.22. The Labute approximate surface area is 83.5 Å². The van der Waals surface area contributed by atoms with Crippen LogP contribution in [0.25, 0.3) is 0 Å². The molecular formula is C9H16N4O. The van der Waals surface area contributed by atoms with Crippen molar-refractivity contribution >= 4 is 5.88 Å². The summed E-state index contributed by atoms with van der Waals surface area (Å²) in [7, 11) is 2.14. The van der Waals surface area contributed by atoms with Crippen LogP contribution in [0.15, 0.2) is 10.6 Å². The zero-order chi connectivity index (χ0) is 9.97. The molecular weight excluding hydrogens is 180 g/mol. The second-order valence-corrected chi connectivity index (χ2v) is 3.74. The van der Waals surface area contributed by atoms with E-state index in [1.54, 1.807) is 6.20 Å². The summed E-state index contributed by atoms with van der Waals surface area (Å²) in [6, 6.07) is 0. The van der Waals surface area contributed by atoms with E-state index in [1.807, 2.05) is 0 Å². The topological polar surface area (TPSA) is 58.5 Å². The molecule has 14 heavy (non-hydrogen) atoms. The molecule has 5 heteroatoms. The highest BCUT2D eigenvalue weighted by molar-refractivity contribution is 5.17. The number of rotatable bonds is 2. The summed E-state index contributed by atoms with van der Waals surface area (Å²) in [5, 5.41) is 0. The van der Waals surface area contributed by atoms with Crippen molar-refractivity contribution in [1.29, 1.82) is 0 Å². The van der Waals surface area contributed by atoms with Crippen molar-refractivity contribution in [3.8, 4) is 0 Å². The van der Waals surface area contributed by atoms with Crippen molar-refractivity contribution in [2.75, 3.05) is 39.0 Å². The van der Waals surface area contributed by atoms with E-state index >= 15 is 0 Å². The van der Waals surface area contributed by atoms with E-state index in [9.17, 15) is 0 Å². The zero-order valence-corrected chi connectivity index (χ0v) is 8.44. The van der Waals surface area contributed by atoms with Gasteiger partial charge in [-0.3, -0.25) is 4.90 Å². The number of nitrogens with two attached hydrogens (primary N) is 1. The summed E-state index contributed by atoms with van der Waals surface area (Å²) in [6.45, 7) is 5.12. The number of hydrogen-bond donors (Lipinski definition) is 1. The molecule has 2 heterocycles. The molecule has 1 aromatic heterocycles. The first kappa shape index (κ1) is 9.48. The summed E-state index contributed by atoms with van der Waals surface area (Å²) in [5.74, 6) is 1.11. The van der Waals surface area contributed by atoms with E-state index < -0.39 is 0 Å².